The number of benzene rings is 1. The van der Waals surface area contributed by atoms with E-state index in [1.807, 2.05) is 30.3 Å². The third-order valence-electron chi connectivity index (χ3n) is 2.89. The van der Waals surface area contributed by atoms with Crippen LogP contribution in [0.1, 0.15) is 12.0 Å². The zero-order valence-electron chi connectivity index (χ0n) is 10.4. The van der Waals surface area contributed by atoms with Crippen LogP contribution < -0.4 is 5.56 Å². The average Bonchev–Trinajstić information content (AvgIpc) is 2.42. The zero-order chi connectivity index (χ0) is 13.7. The first-order valence-electron chi connectivity index (χ1n) is 6.05. The van der Waals surface area contributed by atoms with Gasteiger partial charge >= 0.3 is 0 Å². The Labute approximate surface area is 110 Å². The fraction of sp³-hybridized carbons (Fsp3) is 0.214. The van der Waals surface area contributed by atoms with Crippen LogP contribution in [0.2, 0.25) is 0 Å². The Kier molecular flexibility index (Phi) is 4.07. The molecule has 0 N–H and O–H groups in total. The lowest BCUT2D eigenvalue weighted by atomic mass is 10.1. The fourth-order valence-corrected chi connectivity index (χ4v) is 1.90. The second kappa shape index (κ2) is 5.95. The molecule has 0 aliphatic carbocycles. The molecule has 5 heteroatoms. The molecular formula is C14H14N2O3. The molecule has 2 rings (SSSR count). The molecule has 0 saturated carbocycles. The maximum Gasteiger partial charge on any atom is 0.285 e. The third-order valence-corrected chi connectivity index (χ3v) is 2.89. The minimum Gasteiger partial charge on any atom is -0.309 e. The minimum atomic E-state index is -0.493. The number of hydrogen-bond acceptors (Lipinski definition) is 3. The van der Waals surface area contributed by atoms with Crippen molar-refractivity contribution in [2.75, 3.05) is 0 Å². The van der Waals surface area contributed by atoms with Gasteiger partial charge in [-0.3, -0.25) is 14.9 Å². The maximum atomic E-state index is 11.6. The van der Waals surface area contributed by atoms with E-state index < -0.39 is 4.92 Å². The van der Waals surface area contributed by atoms with Crippen LogP contribution in [0.5, 0.6) is 0 Å². The first-order chi connectivity index (χ1) is 9.16. The molecule has 0 saturated heterocycles. The summed E-state index contributed by atoms with van der Waals surface area (Å²) in [5, 5.41) is 10.6. The number of nitrogens with zero attached hydrogens (tertiary/aromatic N) is 2. The summed E-state index contributed by atoms with van der Waals surface area (Å²) in [6.07, 6.45) is 2.91. The number of aryl methyl sites for hydroxylation is 2. The Morgan fingerprint density at radius 1 is 1.11 bits per heavy atom. The van der Waals surface area contributed by atoms with Crippen LogP contribution in [0.3, 0.4) is 0 Å². The summed E-state index contributed by atoms with van der Waals surface area (Å²) in [4.78, 5) is 21.7. The number of aromatic nitrogens is 1. The molecule has 5 nitrogen and oxygen atoms in total. The van der Waals surface area contributed by atoms with Crippen LogP contribution in [0.4, 0.5) is 5.69 Å². The number of rotatable bonds is 5. The molecule has 19 heavy (non-hydrogen) atoms. The van der Waals surface area contributed by atoms with Gasteiger partial charge in [0.25, 0.3) is 11.2 Å². The highest BCUT2D eigenvalue weighted by Crippen LogP contribution is 2.08. The van der Waals surface area contributed by atoms with Crippen LogP contribution in [0.15, 0.2) is 53.5 Å². The Morgan fingerprint density at radius 2 is 1.84 bits per heavy atom. The van der Waals surface area contributed by atoms with Crippen LogP contribution >= 0.6 is 0 Å². The van der Waals surface area contributed by atoms with Gasteiger partial charge in [0, 0.05) is 18.7 Å². The standard InChI is InChI=1S/C14H14N2O3/c17-14-9-8-13(16(18)19)11-15(14)10-4-7-12-5-2-1-3-6-12/h1-3,5-6,8-9,11H,4,7,10H2. The summed E-state index contributed by atoms with van der Waals surface area (Å²) in [6.45, 7) is 0.482. The highest BCUT2D eigenvalue weighted by molar-refractivity contribution is 5.24. The van der Waals surface area contributed by atoms with E-state index in [-0.39, 0.29) is 11.2 Å². The monoisotopic (exact) mass is 258 g/mol. The smallest absolute Gasteiger partial charge is 0.285 e. The van der Waals surface area contributed by atoms with Gasteiger partial charge in [-0.1, -0.05) is 30.3 Å². The first-order valence-corrected chi connectivity index (χ1v) is 6.05. The Hall–Kier alpha value is -2.43. The van der Waals surface area contributed by atoms with E-state index in [2.05, 4.69) is 0 Å². The largest absolute Gasteiger partial charge is 0.309 e. The minimum absolute atomic E-state index is 0.0562. The van der Waals surface area contributed by atoms with Gasteiger partial charge in [0.15, 0.2) is 0 Å². The highest BCUT2D eigenvalue weighted by Gasteiger charge is 2.07. The quantitative estimate of drug-likeness (QED) is 0.611. The molecule has 0 radical (unpaired) electrons. The van der Waals surface area contributed by atoms with E-state index >= 15 is 0 Å². The van der Waals surface area contributed by atoms with Crippen molar-refractivity contribution in [1.82, 2.24) is 4.57 Å². The van der Waals surface area contributed by atoms with Crippen molar-refractivity contribution in [3.8, 4) is 0 Å². The maximum absolute atomic E-state index is 11.6. The van der Waals surface area contributed by atoms with Gasteiger partial charge in [-0.15, -0.1) is 0 Å². The fourth-order valence-electron chi connectivity index (χ4n) is 1.90. The molecule has 0 aliphatic heterocycles. The predicted octanol–water partition coefficient (Wildman–Crippen LogP) is 2.39. The molecule has 0 bridgehead atoms. The molecule has 0 atom stereocenters. The second-order valence-electron chi connectivity index (χ2n) is 4.27. The molecule has 0 aliphatic rings. The lowest BCUT2D eigenvalue weighted by Crippen LogP contribution is -2.19. The van der Waals surface area contributed by atoms with Gasteiger partial charge in [0.2, 0.25) is 0 Å². The molecule has 2 aromatic rings. The van der Waals surface area contributed by atoms with E-state index in [1.165, 1.54) is 28.5 Å². The highest BCUT2D eigenvalue weighted by atomic mass is 16.6. The number of hydrogen-bond donors (Lipinski definition) is 0. The summed E-state index contributed by atoms with van der Waals surface area (Å²) in [7, 11) is 0. The number of nitro groups is 1. The zero-order valence-corrected chi connectivity index (χ0v) is 10.4. The van der Waals surface area contributed by atoms with Gasteiger partial charge in [-0.05, 0) is 18.4 Å². The molecule has 1 aromatic heterocycles. The van der Waals surface area contributed by atoms with E-state index in [4.69, 9.17) is 0 Å². The lowest BCUT2D eigenvalue weighted by Gasteiger charge is -2.05. The van der Waals surface area contributed by atoms with Gasteiger partial charge in [-0.2, -0.15) is 0 Å². The van der Waals surface area contributed by atoms with Crippen LogP contribution in [0.25, 0.3) is 0 Å². The van der Waals surface area contributed by atoms with Gasteiger partial charge in [0.1, 0.15) is 0 Å². The SMILES string of the molecule is O=c1ccc([N+](=O)[O-])cn1CCCc1ccccc1. The van der Waals surface area contributed by atoms with Crippen molar-refractivity contribution < 1.29 is 4.92 Å². The van der Waals surface area contributed by atoms with Crippen LogP contribution in [-0.2, 0) is 13.0 Å². The van der Waals surface area contributed by atoms with Gasteiger partial charge < -0.3 is 4.57 Å². The molecule has 1 heterocycles. The van der Waals surface area contributed by atoms with Crippen molar-refractivity contribution in [2.24, 2.45) is 0 Å². The van der Waals surface area contributed by atoms with Crippen molar-refractivity contribution in [1.29, 1.82) is 0 Å². The van der Waals surface area contributed by atoms with E-state index in [0.717, 1.165) is 12.8 Å². The molecule has 0 unspecified atom stereocenters. The van der Waals surface area contributed by atoms with Crippen LogP contribution in [-0.4, -0.2) is 9.49 Å². The topological polar surface area (TPSA) is 65.1 Å². The number of pyridine rings is 1. The third kappa shape index (κ3) is 3.51. The van der Waals surface area contributed by atoms with E-state index in [1.54, 1.807) is 0 Å². The molecule has 0 fully saturated rings. The Bertz CT molecular complexity index is 620. The van der Waals surface area contributed by atoms with E-state index in [0.29, 0.717) is 6.54 Å². The summed E-state index contributed by atoms with van der Waals surface area (Å²) in [5.74, 6) is 0. The van der Waals surface area contributed by atoms with Crippen molar-refractivity contribution in [2.45, 2.75) is 19.4 Å². The molecule has 0 amide bonds. The average molecular weight is 258 g/mol. The molecule has 0 spiro atoms. The molecule has 1 aromatic carbocycles. The van der Waals surface area contributed by atoms with Crippen molar-refractivity contribution in [3.63, 3.8) is 0 Å². The summed E-state index contributed by atoms with van der Waals surface area (Å²) < 4.78 is 1.39. The summed E-state index contributed by atoms with van der Waals surface area (Å²) in [6, 6.07) is 12.4. The molecule has 98 valence electrons. The van der Waals surface area contributed by atoms with Crippen molar-refractivity contribution in [3.05, 3.63) is 74.7 Å². The Balaban J connectivity index is 2.01. The van der Waals surface area contributed by atoms with E-state index in [9.17, 15) is 14.9 Å². The summed E-state index contributed by atoms with van der Waals surface area (Å²) >= 11 is 0. The first kappa shape index (κ1) is 13.0. The normalized spacial score (nSPS) is 10.3. The Morgan fingerprint density at radius 3 is 2.53 bits per heavy atom. The van der Waals surface area contributed by atoms with Crippen molar-refractivity contribution >= 4 is 5.69 Å². The second-order valence-corrected chi connectivity index (χ2v) is 4.27. The van der Waals surface area contributed by atoms with Gasteiger partial charge in [-0.25, -0.2) is 0 Å². The summed E-state index contributed by atoms with van der Waals surface area (Å²) in [5.41, 5.74) is 0.930. The predicted molar refractivity (Wildman–Crippen MR) is 72.1 cm³/mol. The van der Waals surface area contributed by atoms with Crippen LogP contribution in [0, 0.1) is 10.1 Å². The molecular weight excluding hydrogens is 244 g/mol. The lowest BCUT2D eigenvalue weighted by molar-refractivity contribution is -0.385. The van der Waals surface area contributed by atoms with Gasteiger partial charge in [0.05, 0.1) is 11.1 Å².